The Morgan fingerprint density at radius 2 is 1.48 bits per heavy atom. The molecule has 142 valence electrons. The molecule has 7 nitrogen and oxygen atoms in total. The monoisotopic (exact) mass is 373 g/mol. The van der Waals surface area contributed by atoms with Crippen molar-refractivity contribution in [3.05, 3.63) is 40.4 Å². The lowest BCUT2D eigenvalue weighted by atomic mass is 10.1. The lowest BCUT2D eigenvalue weighted by Gasteiger charge is -2.20. The van der Waals surface area contributed by atoms with Gasteiger partial charge >= 0.3 is 7.60 Å². The van der Waals surface area contributed by atoms with Crippen LogP contribution in [0.5, 0.6) is 5.75 Å². The van der Waals surface area contributed by atoms with Gasteiger partial charge in [0.05, 0.1) is 0 Å². The molecule has 0 saturated carbocycles. The van der Waals surface area contributed by atoms with Gasteiger partial charge in [-0.1, -0.05) is 50.3 Å². The molecule has 8 heteroatoms. The number of hydrogen-bond acceptors (Lipinski definition) is 4. The van der Waals surface area contributed by atoms with E-state index in [0.29, 0.717) is 25.0 Å². The number of benzene rings is 1. The highest BCUT2D eigenvalue weighted by molar-refractivity contribution is 7.52. The molecular weight excluding hydrogens is 345 g/mol. The first-order chi connectivity index (χ1) is 11.9. The Hall–Kier alpha value is -1.43. The topological polar surface area (TPSA) is 110 Å². The Labute approximate surface area is 148 Å². The summed E-state index contributed by atoms with van der Waals surface area (Å²) in [6, 6.07) is 8.70. The third kappa shape index (κ3) is 10.9. The van der Waals surface area contributed by atoms with Crippen LogP contribution in [0.25, 0.3) is 0 Å². The van der Waals surface area contributed by atoms with Crippen LogP contribution in [0.1, 0.15) is 57.8 Å². The van der Waals surface area contributed by atoms with Gasteiger partial charge < -0.3 is 14.5 Å². The van der Waals surface area contributed by atoms with Crippen molar-refractivity contribution in [1.82, 2.24) is 0 Å². The summed E-state index contributed by atoms with van der Waals surface area (Å²) in [6.07, 6.45) is 7.50. The van der Waals surface area contributed by atoms with Crippen molar-refractivity contribution in [2.75, 3.05) is 6.54 Å². The molecule has 1 rings (SSSR count). The molecular formula is C17H28NO6P. The van der Waals surface area contributed by atoms with Gasteiger partial charge in [-0.25, -0.2) is 0 Å². The van der Waals surface area contributed by atoms with Crippen molar-refractivity contribution >= 4 is 7.60 Å². The van der Waals surface area contributed by atoms with Crippen LogP contribution in [0, 0.1) is 10.1 Å². The first kappa shape index (κ1) is 21.6. The maximum absolute atomic E-state index is 11.6. The fraction of sp³-hybridized carbons (Fsp3) is 0.647. The maximum Gasteiger partial charge on any atom is 0.365 e. The molecule has 1 aromatic carbocycles. The second-order valence-corrected chi connectivity index (χ2v) is 7.90. The van der Waals surface area contributed by atoms with E-state index in [-0.39, 0.29) is 11.5 Å². The average Bonchev–Trinajstić information content (AvgIpc) is 2.55. The van der Waals surface area contributed by atoms with Gasteiger partial charge in [0.15, 0.2) is 5.85 Å². The van der Waals surface area contributed by atoms with Gasteiger partial charge in [0.25, 0.3) is 0 Å². The highest BCUT2D eigenvalue weighted by Crippen LogP contribution is 2.44. The zero-order valence-corrected chi connectivity index (χ0v) is 15.4. The molecule has 0 saturated heterocycles. The number of rotatable bonds is 14. The lowest BCUT2D eigenvalue weighted by Crippen LogP contribution is -2.16. The molecule has 0 aromatic heterocycles. The zero-order valence-electron chi connectivity index (χ0n) is 14.5. The molecule has 0 amide bonds. The van der Waals surface area contributed by atoms with Crippen LogP contribution in [0.4, 0.5) is 0 Å². The summed E-state index contributed by atoms with van der Waals surface area (Å²) in [5.74, 6) is -0.637. The quantitative estimate of drug-likeness (QED) is 0.217. The first-order valence-electron chi connectivity index (χ1n) is 8.78. The number of nitrogens with zero attached hydrogens (tertiary/aromatic N) is 1. The molecule has 25 heavy (non-hydrogen) atoms. The van der Waals surface area contributed by atoms with E-state index in [0.717, 1.165) is 38.5 Å². The number of nitro groups is 1. The Morgan fingerprint density at radius 1 is 0.960 bits per heavy atom. The van der Waals surface area contributed by atoms with Crippen LogP contribution in [0.3, 0.4) is 0 Å². The Bertz CT molecular complexity index is 533. The van der Waals surface area contributed by atoms with E-state index in [1.807, 2.05) is 6.07 Å². The normalized spacial score (nSPS) is 12.7. The predicted molar refractivity (Wildman–Crippen MR) is 96.3 cm³/mol. The van der Waals surface area contributed by atoms with Gasteiger partial charge in [0.1, 0.15) is 5.75 Å². The Balaban J connectivity index is 2.14. The molecule has 0 aliphatic heterocycles. The zero-order chi connectivity index (χ0) is 18.5. The van der Waals surface area contributed by atoms with Crippen LogP contribution in [0.2, 0.25) is 0 Å². The minimum absolute atomic E-state index is 0.0468. The molecule has 2 N–H and O–H groups in total. The van der Waals surface area contributed by atoms with E-state index >= 15 is 0 Å². The molecule has 0 spiro atoms. The number of ether oxygens (including phenoxy) is 1. The minimum Gasteiger partial charge on any atom is -0.478 e. The molecule has 1 atom stereocenters. The van der Waals surface area contributed by atoms with E-state index in [9.17, 15) is 24.5 Å². The third-order valence-corrected chi connectivity index (χ3v) is 5.05. The number of unbranched alkanes of at least 4 members (excludes halogenated alkanes) is 7. The van der Waals surface area contributed by atoms with Crippen molar-refractivity contribution in [2.45, 2.75) is 63.6 Å². The van der Waals surface area contributed by atoms with Crippen LogP contribution in [-0.4, -0.2) is 27.1 Å². The standard InChI is InChI=1S/C17H28NO6P/c19-18(20)15-11-6-4-2-1-3-5-10-14-17(25(21,22)23)24-16-12-8-7-9-13-16/h7-9,12-13,17H,1-6,10-11,14-15H2,(H2,21,22,23). The fourth-order valence-corrected chi connectivity index (χ4v) is 3.35. The second kappa shape index (κ2) is 12.0. The molecule has 1 unspecified atom stereocenters. The summed E-state index contributed by atoms with van der Waals surface area (Å²) in [7, 11) is -4.30. The van der Waals surface area contributed by atoms with Crippen molar-refractivity contribution in [2.24, 2.45) is 0 Å². The van der Waals surface area contributed by atoms with Gasteiger partial charge in [-0.15, -0.1) is 0 Å². The third-order valence-electron chi connectivity index (χ3n) is 3.93. The highest BCUT2D eigenvalue weighted by atomic mass is 31.2. The second-order valence-electron chi connectivity index (χ2n) is 6.15. The molecule has 1 aromatic rings. The van der Waals surface area contributed by atoms with E-state index in [2.05, 4.69) is 0 Å². The van der Waals surface area contributed by atoms with Crippen molar-refractivity contribution < 1.29 is 24.0 Å². The molecule has 0 aliphatic rings. The largest absolute Gasteiger partial charge is 0.478 e. The van der Waals surface area contributed by atoms with Crippen LogP contribution < -0.4 is 4.74 Å². The first-order valence-corrected chi connectivity index (χ1v) is 10.5. The number of hydrogen-bond donors (Lipinski definition) is 2. The maximum atomic E-state index is 11.6. The molecule has 0 fully saturated rings. The van der Waals surface area contributed by atoms with Crippen LogP contribution in [0.15, 0.2) is 30.3 Å². The van der Waals surface area contributed by atoms with Gasteiger partial charge in [-0.05, 0) is 31.4 Å². The van der Waals surface area contributed by atoms with Gasteiger partial charge in [-0.2, -0.15) is 0 Å². The van der Waals surface area contributed by atoms with E-state index in [1.54, 1.807) is 24.3 Å². The summed E-state index contributed by atoms with van der Waals surface area (Å²) < 4.78 is 17.0. The average molecular weight is 373 g/mol. The smallest absolute Gasteiger partial charge is 0.365 e. The SMILES string of the molecule is O=[N+]([O-])CCCCCCCCCCC(Oc1ccccc1)P(=O)(O)O. The molecule has 0 aliphatic carbocycles. The van der Waals surface area contributed by atoms with E-state index in [1.165, 1.54) is 0 Å². The van der Waals surface area contributed by atoms with Gasteiger partial charge in [-0.3, -0.25) is 14.7 Å². The minimum atomic E-state index is -4.30. The van der Waals surface area contributed by atoms with Crippen molar-refractivity contribution in [1.29, 1.82) is 0 Å². The summed E-state index contributed by atoms with van der Waals surface area (Å²) in [6.45, 7) is 0.0468. The molecule has 0 heterocycles. The van der Waals surface area contributed by atoms with Crippen molar-refractivity contribution in [3.63, 3.8) is 0 Å². The number of para-hydroxylation sites is 1. The lowest BCUT2D eigenvalue weighted by molar-refractivity contribution is -0.480. The summed E-state index contributed by atoms with van der Waals surface area (Å²) in [5.41, 5.74) is 0. The van der Waals surface area contributed by atoms with E-state index < -0.39 is 13.4 Å². The predicted octanol–water partition coefficient (Wildman–Crippen LogP) is 4.36. The molecule has 0 radical (unpaired) electrons. The van der Waals surface area contributed by atoms with Crippen molar-refractivity contribution in [3.8, 4) is 5.75 Å². The van der Waals surface area contributed by atoms with Crippen LogP contribution in [-0.2, 0) is 4.57 Å². The summed E-state index contributed by atoms with van der Waals surface area (Å²) in [4.78, 5) is 28.8. The summed E-state index contributed by atoms with van der Waals surface area (Å²) >= 11 is 0. The Morgan fingerprint density at radius 3 is 2.00 bits per heavy atom. The van der Waals surface area contributed by atoms with Gasteiger partial charge in [0.2, 0.25) is 6.54 Å². The fourth-order valence-electron chi connectivity index (χ4n) is 2.57. The highest BCUT2D eigenvalue weighted by Gasteiger charge is 2.30. The summed E-state index contributed by atoms with van der Waals surface area (Å²) in [5, 5.41) is 10.2. The molecule has 0 bridgehead atoms. The van der Waals surface area contributed by atoms with Gasteiger partial charge in [0, 0.05) is 11.3 Å². The van der Waals surface area contributed by atoms with E-state index in [4.69, 9.17) is 4.74 Å². The Kier molecular flexibility index (Phi) is 10.4. The van der Waals surface area contributed by atoms with Crippen LogP contribution >= 0.6 is 7.60 Å².